The lowest BCUT2D eigenvalue weighted by Crippen LogP contribution is -2.24. The summed E-state index contributed by atoms with van der Waals surface area (Å²) in [7, 11) is 1.64. The Labute approximate surface area is 126 Å². The molecule has 0 radical (unpaired) electrons. The van der Waals surface area contributed by atoms with Crippen molar-refractivity contribution in [3.05, 3.63) is 64.4 Å². The highest BCUT2D eigenvalue weighted by molar-refractivity contribution is 5.81. The first kappa shape index (κ1) is 14.1. The van der Waals surface area contributed by atoms with E-state index in [1.165, 1.54) is 4.57 Å². The largest absolute Gasteiger partial charge is 0.419 e. The summed E-state index contributed by atoms with van der Waals surface area (Å²) in [6, 6.07) is 9.02. The molecule has 0 atom stereocenters. The van der Waals surface area contributed by atoms with Crippen LogP contribution in [0.5, 0.6) is 0 Å². The Morgan fingerprint density at radius 2 is 2.18 bits per heavy atom. The summed E-state index contributed by atoms with van der Waals surface area (Å²) in [6.07, 6.45) is 3.65. The van der Waals surface area contributed by atoms with E-state index in [9.17, 15) is 9.59 Å². The van der Waals surface area contributed by atoms with Gasteiger partial charge in [0.15, 0.2) is 5.58 Å². The van der Waals surface area contributed by atoms with Crippen LogP contribution < -0.4 is 11.1 Å². The highest BCUT2D eigenvalue weighted by atomic mass is 16.4. The van der Waals surface area contributed by atoms with E-state index < -0.39 is 5.76 Å². The van der Waals surface area contributed by atoms with E-state index in [4.69, 9.17) is 4.42 Å². The number of benzene rings is 1. The lowest BCUT2D eigenvalue weighted by molar-refractivity contribution is -0.120. The molecule has 1 aromatic carbocycles. The lowest BCUT2D eigenvalue weighted by Gasteiger charge is -2.05. The van der Waals surface area contributed by atoms with Crippen LogP contribution in [-0.2, 0) is 24.8 Å². The maximum Gasteiger partial charge on any atom is 0.419 e. The number of carbonyl (C=O) groups excluding carboxylic acids is 1. The Bertz CT molecular complexity index is 865. The Balaban J connectivity index is 1.68. The van der Waals surface area contributed by atoms with Crippen molar-refractivity contribution in [2.24, 2.45) is 7.05 Å². The van der Waals surface area contributed by atoms with E-state index in [0.29, 0.717) is 17.6 Å². The van der Waals surface area contributed by atoms with E-state index in [-0.39, 0.29) is 12.3 Å². The van der Waals surface area contributed by atoms with Crippen LogP contribution in [0.25, 0.3) is 11.1 Å². The lowest BCUT2D eigenvalue weighted by atomic mass is 10.1. The molecule has 1 amide bonds. The minimum atomic E-state index is -0.409. The van der Waals surface area contributed by atoms with Crippen LogP contribution in [0, 0.1) is 0 Å². The Kier molecular flexibility index (Phi) is 3.74. The second-order valence-electron chi connectivity index (χ2n) is 5.04. The molecule has 0 unspecified atom stereocenters. The zero-order chi connectivity index (χ0) is 15.5. The van der Waals surface area contributed by atoms with Crippen LogP contribution in [0.4, 0.5) is 0 Å². The van der Waals surface area contributed by atoms with E-state index in [1.807, 2.05) is 12.1 Å². The summed E-state index contributed by atoms with van der Waals surface area (Å²) in [5.41, 5.74) is 2.98. The van der Waals surface area contributed by atoms with Crippen LogP contribution in [0.15, 0.2) is 51.9 Å². The van der Waals surface area contributed by atoms with Gasteiger partial charge in [0.1, 0.15) is 0 Å². The van der Waals surface area contributed by atoms with Crippen molar-refractivity contribution >= 4 is 17.0 Å². The standard InChI is InChI=1S/C16H15N3O3/c1-19-13-7-11(4-5-14(13)22-16(19)21)8-15(20)18-10-12-3-2-6-17-9-12/h2-7,9H,8,10H2,1H3,(H,18,20). The summed E-state index contributed by atoms with van der Waals surface area (Å²) < 4.78 is 6.49. The third-order valence-electron chi connectivity index (χ3n) is 3.43. The van der Waals surface area contributed by atoms with Gasteiger partial charge in [-0.25, -0.2) is 4.79 Å². The molecule has 6 nitrogen and oxygen atoms in total. The molecule has 1 N–H and O–H groups in total. The molecule has 112 valence electrons. The van der Waals surface area contributed by atoms with E-state index in [1.54, 1.807) is 37.6 Å². The van der Waals surface area contributed by atoms with E-state index in [2.05, 4.69) is 10.3 Å². The molecule has 6 heteroatoms. The van der Waals surface area contributed by atoms with Crippen molar-refractivity contribution in [3.63, 3.8) is 0 Å². The third kappa shape index (κ3) is 2.90. The van der Waals surface area contributed by atoms with Crippen LogP contribution in [0.3, 0.4) is 0 Å². The number of nitrogens with zero attached hydrogens (tertiary/aromatic N) is 2. The zero-order valence-electron chi connectivity index (χ0n) is 12.1. The van der Waals surface area contributed by atoms with Crippen molar-refractivity contribution < 1.29 is 9.21 Å². The molecular formula is C16H15N3O3. The van der Waals surface area contributed by atoms with Gasteiger partial charge < -0.3 is 9.73 Å². The quantitative estimate of drug-likeness (QED) is 0.789. The van der Waals surface area contributed by atoms with Gasteiger partial charge in [-0.05, 0) is 29.3 Å². The van der Waals surface area contributed by atoms with E-state index >= 15 is 0 Å². The number of carbonyl (C=O) groups is 1. The first-order chi connectivity index (χ1) is 10.6. The van der Waals surface area contributed by atoms with Gasteiger partial charge in [0, 0.05) is 26.0 Å². The molecule has 0 fully saturated rings. The summed E-state index contributed by atoms with van der Waals surface area (Å²) >= 11 is 0. The Morgan fingerprint density at radius 3 is 2.95 bits per heavy atom. The third-order valence-corrected chi connectivity index (χ3v) is 3.43. The number of aromatic nitrogens is 2. The average Bonchev–Trinajstić information content (AvgIpc) is 2.81. The van der Waals surface area contributed by atoms with Crippen LogP contribution in [-0.4, -0.2) is 15.5 Å². The molecule has 0 aliphatic heterocycles. The monoisotopic (exact) mass is 297 g/mol. The van der Waals surface area contributed by atoms with Crippen LogP contribution >= 0.6 is 0 Å². The fourth-order valence-electron chi connectivity index (χ4n) is 2.23. The number of aryl methyl sites for hydroxylation is 1. The summed E-state index contributed by atoms with van der Waals surface area (Å²) in [5, 5.41) is 2.84. The SMILES string of the molecule is Cn1c(=O)oc2ccc(CC(=O)NCc3cccnc3)cc21. The number of hydrogen-bond donors (Lipinski definition) is 1. The van der Waals surface area contributed by atoms with Crippen molar-refractivity contribution in [3.8, 4) is 0 Å². The molecule has 0 aliphatic carbocycles. The number of oxazole rings is 1. The van der Waals surface area contributed by atoms with E-state index in [0.717, 1.165) is 11.1 Å². The second kappa shape index (κ2) is 5.85. The minimum Gasteiger partial charge on any atom is -0.408 e. The molecule has 0 bridgehead atoms. The minimum absolute atomic E-state index is 0.0864. The Hall–Kier alpha value is -2.89. The Morgan fingerprint density at radius 1 is 1.32 bits per heavy atom. The van der Waals surface area contributed by atoms with Gasteiger partial charge in [-0.2, -0.15) is 0 Å². The molecule has 22 heavy (non-hydrogen) atoms. The summed E-state index contributed by atoms with van der Waals surface area (Å²) in [4.78, 5) is 27.4. The fourth-order valence-corrected chi connectivity index (χ4v) is 2.23. The number of rotatable bonds is 4. The number of hydrogen-bond acceptors (Lipinski definition) is 4. The predicted molar refractivity (Wildman–Crippen MR) is 81.2 cm³/mol. The zero-order valence-corrected chi connectivity index (χ0v) is 12.1. The van der Waals surface area contributed by atoms with Gasteiger partial charge >= 0.3 is 5.76 Å². The molecule has 0 spiro atoms. The van der Waals surface area contributed by atoms with Crippen LogP contribution in [0.1, 0.15) is 11.1 Å². The maximum atomic E-state index is 12.0. The molecule has 2 aromatic heterocycles. The summed E-state index contributed by atoms with van der Waals surface area (Å²) in [6.45, 7) is 0.444. The first-order valence-corrected chi connectivity index (χ1v) is 6.87. The van der Waals surface area contributed by atoms with Gasteiger partial charge in [0.2, 0.25) is 5.91 Å². The number of amides is 1. The highest BCUT2D eigenvalue weighted by Gasteiger charge is 2.09. The smallest absolute Gasteiger partial charge is 0.408 e. The fraction of sp³-hybridized carbons (Fsp3) is 0.188. The van der Waals surface area contributed by atoms with Crippen molar-refractivity contribution in [1.29, 1.82) is 0 Å². The maximum absolute atomic E-state index is 12.0. The number of fused-ring (bicyclic) bond motifs is 1. The summed E-state index contributed by atoms with van der Waals surface area (Å²) in [5.74, 6) is -0.495. The second-order valence-corrected chi connectivity index (χ2v) is 5.04. The number of pyridine rings is 1. The molecule has 2 heterocycles. The van der Waals surface area contributed by atoms with Gasteiger partial charge in [-0.15, -0.1) is 0 Å². The first-order valence-electron chi connectivity index (χ1n) is 6.87. The number of nitrogens with one attached hydrogen (secondary N) is 1. The van der Waals surface area contributed by atoms with Gasteiger partial charge in [-0.1, -0.05) is 12.1 Å². The molecule has 3 aromatic rings. The van der Waals surface area contributed by atoms with Crippen LogP contribution in [0.2, 0.25) is 0 Å². The van der Waals surface area contributed by atoms with Crippen molar-refractivity contribution in [2.75, 3.05) is 0 Å². The average molecular weight is 297 g/mol. The predicted octanol–water partition coefficient (Wildman–Crippen LogP) is 1.39. The molecule has 0 aliphatic rings. The van der Waals surface area contributed by atoms with Gasteiger partial charge in [0.05, 0.1) is 11.9 Å². The van der Waals surface area contributed by atoms with Gasteiger partial charge in [0.25, 0.3) is 0 Å². The van der Waals surface area contributed by atoms with Crippen molar-refractivity contribution in [1.82, 2.24) is 14.9 Å². The molecule has 0 saturated heterocycles. The van der Waals surface area contributed by atoms with Gasteiger partial charge in [-0.3, -0.25) is 14.3 Å². The molecule has 3 rings (SSSR count). The van der Waals surface area contributed by atoms with Crippen molar-refractivity contribution in [2.45, 2.75) is 13.0 Å². The topological polar surface area (TPSA) is 77.1 Å². The molecular weight excluding hydrogens is 282 g/mol. The molecule has 0 saturated carbocycles. The highest BCUT2D eigenvalue weighted by Crippen LogP contribution is 2.14. The normalized spacial score (nSPS) is 10.8.